The molecule has 1 heterocycles. The summed E-state index contributed by atoms with van der Waals surface area (Å²) in [6, 6.07) is 1.91. The molecule has 0 aromatic carbocycles. The van der Waals surface area contributed by atoms with Crippen LogP contribution >= 0.6 is 0 Å². The second kappa shape index (κ2) is 2.27. The molecule has 1 amide bonds. The number of amides is 1. The van der Waals surface area contributed by atoms with Crippen LogP contribution < -0.4 is 5.73 Å². The van der Waals surface area contributed by atoms with Crippen molar-refractivity contribution < 1.29 is 9.53 Å². The quantitative estimate of drug-likeness (QED) is 0.556. The predicted molar refractivity (Wildman–Crippen MR) is 32.7 cm³/mol. The van der Waals surface area contributed by atoms with Gasteiger partial charge in [0.1, 0.15) is 5.41 Å². The second-order valence-corrected chi connectivity index (χ2v) is 2.47. The third kappa shape index (κ3) is 0.847. The molecule has 0 spiro atoms. The van der Waals surface area contributed by atoms with Crippen molar-refractivity contribution in [2.24, 2.45) is 11.1 Å². The Bertz CT molecular complexity index is 190. The zero-order chi connectivity index (χ0) is 7.61. The third-order valence-electron chi connectivity index (χ3n) is 1.70. The first-order chi connectivity index (χ1) is 4.71. The highest BCUT2D eigenvalue weighted by Crippen LogP contribution is 2.30. The fourth-order valence-corrected chi connectivity index (χ4v) is 0.831. The van der Waals surface area contributed by atoms with Gasteiger partial charge in [-0.05, 0) is 0 Å². The van der Waals surface area contributed by atoms with Crippen molar-refractivity contribution in [1.29, 1.82) is 5.26 Å². The molecular formula is C6H8N2O2. The number of ether oxygens (including phenoxy) is 1. The molecule has 1 fully saturated rings. The van der Waals surface area contributed by atoms with E-state index in [-0.39, 0.29) is 6.42 Å². The largest absolute Gasteiger partial charge is 0.379 e. The van der Waals surface area contributed by atoms with E-state index in [0.717, 1.165) is 0 Å². The first-order valence-corrected chi connectivity index (χ1v) is 2.96. The number of primary amides is 1. The molecule has 0 unspecified atom stereocenters. The van der Waals surface area contributed by atoms with Crippen LogP contribution in [0.2, 0.25) is 0 Å². The number of carbonyl (C=O) groups excluding carboxylic acids is 1. The molecule has 1 aliphatic rings. The Morgan fingerprint density at radius 1 is 1.80 bits per heavy atom. The summed E-state index contributed by atoms with van der Waals surface area (Å²) in [4.78, 5) is 10.7. The molecule has 0 bridgehead atoms. The Morgan fingerprint density at radius 2 is 2.40 bits per heavy atom. The molecular weight excluding hydrogens is 132 g/mol. The number of nitriles is 1. The topological polar surface area (TPSA) is 76.1 Å². The summed E-state index contributed by atoms with van der Waals surface area (Å²) in [5.74, 6) is -0.430. The number of nitrogens with two attached hydrogens (primary N) is 1. The molecule has 1 rings (SSSR count). The zero-order valence-electron chi connectivity index (χ0n) is 5.46. The first-order valence-electron chi connectivity index (χ1n) is 2.96. The van der Waals surface area contributed by atoms with E-state index < -0.39 is 11.3 Å². The summed E-state index contributed by atoms with van der Waals surface area (Å²) in [7, 11) is 0. The lowest BCUT2D eigenvalue weighted by Crippen LogP contribution is -2.52. The summed E-state index contributed by atoms with van der Waals surface area (Å²) >= 11 is 0. The lowest BCUT2D eigenvalue weighted by Gasteiger charge is -2.36. The van der Waals surface area contributed by atoms with Crippen LogP contribution in [0.4, 0.5) is 0 Å². The average Bonchev–Trinajstić information content (AvgIpc) is 1.77. The Kier molecular flexibility index (Phi) is 1.60. The van der Waals surface area contributed by atoms with Crippen LogP contribution in [0, 0.1) is 16.7 Å². The summed E-state index contributed by atoms with van der Waals surface area (Å²) in [5.41, 5.74) is 4.38. The van der Waals surface area contributed by atoms with Gasteiger partial charge < -0.3 is 10.5 Å². The maximum absolute atomic E-state index is 10.7. The van der Waals surface area contributed by atoms with E-state index in [2.05, 4.69) is 0 Å². The number of hydrogen-bond donors (Lipinski definition) is 1. The minimum atomic E-state index is -0.672. The van der Waals surface area contributed by atoms with Gasteiger partial charge >= 0.3 is 0 Å². The van der Waals surface area contributed by atoms with Gasteiger partial charge in [0.2, 0.25) is 5.91 Å². The van der Waals surface area contributed by atoms with E-state index in [4.69, 9.17) is 15.7 Å². The number of carbonyl (C=O) groups is 1. The van der Waals surface area contributed by atoms with E-state index in [1.807, 2.05) is 6.07 Å². The van der Waals surface area contributed by atoms with Crippen molar-refractivity contribution in [1.82, 2.24) is 0 Å². The molecule has 0 aromatic heterocycles. The van der Waals surface area contributed by atoms with Crippen molar-refractivity contribution in [2.75, 3.05) is 13.2 Å². The predicted octanol–water partition coefficient (Wildman–Crippen LogP) is -0.598. The van der Waals surface area contributed by atoms with Gasteiger partial charge in [0.25, 0.3) is 0 Å². The standard InChI is InChI=1S/C6H8N2O2/c7-2-1-6(5(8)9)3-10-4-6/h1,3-4H2,(H2,8,9). The van der Waals surface area contributed by atoms with Crippen LogP contribution in [-0.4, -0.2) is 19.1 Å². The van der Waals surface area contributed by atoms with Gasteiger partial charge in [-0.1, -0.05) is 0 Å². The van der Waals surface area contributed by atoms with Gasteiger partial charge in [0, 0.05) is 0 Å². The van der Waals surface area contributed by atoms with E-state index >= 15 is 0 Å². The van der Waals surface area contributed by atoms with Gasteiger partial charge in [-0.15, -0.1) is 0 Å². The third-order valence-corrected chi connectivity index (χ3v) is 1.70. The maximum Gasteiger partial charge on any atom is 0.229 e. The molecule has 4 nitrogen and oxygen atoms in total. The summed E-state index contributed by atoms with van der Waals surface area (Å²) in [5, 5.41) is 8.30. The molecule has 0 aliphatic carbocycles. The Balaban J connectivity index is 2.61. The zero-order valence-corrected chi connectivity index (χ0v) is 5.46. The Labute approximate surface area is 58.6 Å². The van der Waals surface area contributed by atoms with Gasteiger partial charge in [-0.2, -0.15) is 5.26 Å². The van der Waals surface area contributed by atoms with Gasteiger partial charge in [0.15, 0.2) is 0 Å². The maximum atomic E-state index is 10.7. The number of nitrogens with zero attached hydrogens (tertiary/aromatic N) is 1. The molecule has 0 saturated carbocycles. The van der Waals surface area contributed by atoms with E-state index in [1.54, 1.807) is 0 Å². The monoisotopic (exact) mass is 140 g/mol. The Morgan fingerprint density at radius 3 is 2.50 bits per heavy atom. The van der Waals surface area contributed by atoms with Gasteiger partial charge in [-0.25, -0.2) is 0 Å². The Hall–Kier alpha value is -1.08. The molecule has 4 heteroatoms. The van der Waals surface area contributed by atoms with Crippen molar-refractivity contribution in [3.63, 3.8) is 0 Å². The molecule has 1 aliphatic heterocycles. The average molecular weight is 140 g/mol. The first kappa shape index (κ1) is 7.03. The van der Waals surface area contributed by atoms with Crippen LogP contribution in [0.1, 0.15) is 6.42 Å². The van der Waals surface area contributed by atoms with Crippen LogP contribution in [0.25, 0.3) is 0 Å². The van der Waals surface area contributed by atoms with Crippen molar-refractivity contribution >= 4 is 5.91 Å². The highest BCUT2D eigenvalue weighted by atomic mass is 16.5. The molecule has 10 heavy (non-hydrogen) atoms. The van der Waals surface area contributed by atoms with E-state index in [1.165, 1.54) is 0 Å². The minimum Gasteiger partial charge on any atom is -0.379 e. The lowest BCUT2D eigenvalue weighted by atomic mass is 9.82. The molecule has 0 atom stereocenters. The summed E-state index contributed by atoms with van der Waals surface area (Å²) in [6.07, 6.45) is 0.169. The molecule has 0 aromatic rings. The lowest BCUT2D eigenvalue weighted by molar-refractivity contribution is -0.157. The van der Waals surface area contributed by atoms with E-state index in [0.29, 0.717) is 13.2 Å². The minimum absolute atomic E-state index is 0.169. The highest BCUT2D eigenvalue weighted by Gasteiger charge is 2.44. The van der Waals surface area contributed by atoms with Crippen molar-refractivity contribution in [3.8, 4) is 6.07 Å². The summed E-state index contributed by atoms with van der Waals surface area (Å²) < 4.78 is 4.80. The SMILES string of the molecule is N#CCC1(C(N)=O)COC1. The molecule has 0 radical (unpaired) electrons. The van der Waals surface area contributed by atoms with Crippen LogP contribution in [0.15, 0.2) is 0 Å². The van der Waals surface area contributed by atoms with Crippen LogP contribution in [0.5, 0.6) is 0 Å². The summed E-state index contributed by atoms with van der Waals surface area (Å²) in [6.45, 7) is 0.603. The fraction of sp³-hybridized carbons (Fsp3) is 0.667. The normalized spacial score (nSPS) is 20.7. The van der Waals surface area contributed by atoms with Crippen molar-refractivity contribution in [2.45, 2.75) is 6.42 Å². The van der Waals surface area contributed by atoms with E-state index in [9.17, 15) is 4.79 Å². The smallest absolute Gasteiger partial charge is 0.229 e. The molecule has 2 N–H and O–H groups in total. The van der Waals surface area contributed by atoms with Gasteiger partial charge in [0.05, 0.1) is 25.7 Å². The second-order valence-electron chi connectivity index (χ2n) is 2.47. The molecule has 54 valence electrons. The van der Waals surface area contributed by atoms with Crippen molar-refractivity contribution in [3.05, 3.63) is 0 Å². The highest BCUT2D eigenvalue weighted by molar-refractivity contribution is 5.82. The van der Waals surface area contributed by atoms with Crippen LogP contribution in [-0.2, 0) is 9.53 Å². The van der Waals surface area contributed by atoms with Gasteiger partial charge in [-0.3, -0.25) is 4.79 Å². The number of rotatable bonds is 2. The fourth-order valence-electron chi connectivity index (χ4n) is 0.831. The molecule has 1 saturated heterocycles. The van der Waals surface area contributed by atoms with Crippen LogP contribution in [0.3, 0.4) is 0 Å². The number of hydrogen-bond acceptors (Lipinski definition) is 3.